The Balaban J connectivity index is 1.16. The van der Waals surface area contributed by atoms with Crippen LogP contribution in [0.2, 0.25) is 0 Å². The number of rotatable bonds is 6. The molecule has 1 aromatic rings. The highest BCUT2D eigenvalue weighted by Gasteiger charge is 2.50. The molecule has 6 nitrogen and oxygen atoms in total. The molecule has 142 valence electrons. The molecule has 3 aliphatic heterocycles. The van der Waals surface area contributed by atoms with Crippen LogP contribution in [0.5, 0.6) is 0 Å². The monoisotopic (exact) mass is 359 g/mol. The molecular weight excluding hydrogens is 330 g/mol. The maximum Gasteiger partial charge on any atom is 0.242 e. The summed E-state index contributed by atoms with van der Waals surface area (Å²) in [7, 11) is 2.05. The molecule has 3 saturated heterocycles. The van der Waals surface area contributed by atoms with E-state index in [0.29, 0.717) is 13.2 Å². The Kier molecular flexibility index (Phi) is 5.27. The van der Waals surface area contributed by atoms with Crippen molar-refractivity contribution in [3.8, 4) is 0 Å². The molecule has 3 heterocycles. The summed E-state index contributed by atoms with van der Waals surface area (Å²) in [5.74, 6) is 0.235. The molecule has 0 aromatic heterocycles. The van der Waals surface area contributed by atoms with Crippen molar-refractivity contribution < 1.29 is 14.3 Å². The third-order valence-electron chi connectivity index (χ3n) is 5.76. The zero-order chi connectivity index (χ0) is 18.0. The Labute approximate surface area is 155 Å². The number of benzene rings is 1. The lowest BCUT2D eigenvalue weighted by atomic mass is 9.90. The summed E-state index contributed by atoms with van der Waals surface area (Å²) in [5.41, 5.74) is 1.11. The van der Waals surface area contributed by atoms with Crippen LogP contribution < -0.4 is 0 Å². The molecule has 26 heavy (non-hydrogen) atoms. The van der Waals surface area contributed by atoms with Crippen molar-refractivity contribution in [1.82, 2.24) is 14.7 Å². The first-order chi connectivity index (χ1) is 12.7. The van der Waals surface area contributed by atoms with Gasteiger partial charge in [-0.2, -0.15) is 0 Å². The predicted octanol–water partition coefficient (Wildman–Crippen LogP) is 0.821. The Morgan fingerprint density at radius 1 is 1.23 bits per heavy atom. The van der Waals surface area contributed by atoms with Gasteiger partial charge in [0, 0.05) is 39.3 Å². The average molecular weight is 359 g/mol. The van der Waals surface area contributed by atoms with Crippen LogP contribution in [0.4, 0.5) is 0 Å². The molecule has 0 N–H and O–H groups in total. The van der Waals surface area contributed by atoms with Crippen LogP contribution in [-0.2, 0) is 20.9 Å². The van der Waals surface area contributed by atoms with Gasteiger partial charge in [0.1, 0.15) is 11.6 Å². The second kappa shape index (κ2) is 7.64. The van der Waals surface area contributed by atoms with Gasteiger partial charge in [-0.25, -0.2) is 0 Å². The maximum atomic E-state index is 12.4. The molecular formula is C20H29N3O3. The molecule has 4 rings (SSSR count). The Morgan fingerprint density at radius 3 is 2.65 bits per heavy atom. The van der Waals surface area contributed by atoms with Gasteiger partial charge >= 0.3 is 0 Å². The topological polar surface area (TPSA) is 45.3 Å². The number of ether oxygens (including phenoxy) is 2. The van der Waals surface area contributed by atoms with Gasteiger partial charge in [0.2, 0.25) is 5.91 Å². The van der Waals surface area contributed by atoms with Crippen LogP contribution in [0.25, 0.3) is 0 Å². The number of nitrogens with zero attached hydrogens (tertiary/aromatic N) is 3. The van der Waals surface area contributed by atoms with Crippen LogP contribution in [-0.4, -0.2) is 91.8 Å². The zero-order valence-electron chi connectivity index (χ0n) is 15.6. The molecule has 0 saturated carbocycles. The molecule has 1 spiro atoms. The lowest BCUT2D eigenvalue weighted by molar-refractivity contribution is -0.202. The SMILES string of the molecule is CN1CC2(CN(CCOCc3ccccc3)C2)OCC1C(=O)N1CCC1. The minimum Gasteiger partial charge on any atom is -0.375 e. The first-order valence-corrected chi connectivity index (χ1v) is 9.62. The summed E-state index contributed by atoms with van der Waals surface area (Å²) in [6, 6.07) is 10.2. The summed E-state index contributed by atoms with van der Waals surface area (Å²) in [5, 5.41) is 0. The number of likely N-dealkylation sites (N-methyl/N-ethyl adjacent to an activating group) is 1. The summed E-state index contributed by atoms with van der Waals surface area (Å²) < 4.78 is 11.9. The van der Waals surface area contributed by atoms with Crippen molar-refractivity contribution >= 4 is 5.91 Å². The highest BCUT2D eigenvalue weighted by Crippen LogP contribution is 2.31. The lowest BCUT2D eigenvalue weighted by Crippen LogP contribution is -2.72. The minimum absolute atomic E-state index is 0.0973. The number of amides is 1. The van der Waals surface area contributed by atoms with E-state index in [0.717, 1.165) is 52.3 Å². The molecule has 1 aromatic carbocycles. The third kappa shape index (κ3) is 3.78. The fourth-order valence-corrected chi connectivity index (χ4v) is 4.08. The number of carbonyl (C=O) groups excluding carboxylic acids is 1. The lowest BCUT2D eigenvalue weighted by Gasteiger charge is -2.55. The van der Waals surface area contributed by atoms with Gasteiger partial charge < -0.3 is 14.4 Å². The molecule has 1 amide bonds. The fourth-order valence-electron chi connectivity index (χ4n) is 4.08. The van der Waals surface area contributed by atoms with Gasteiger partial charge in [0.05, 0.1) is 19.8 Å². The van der Waals surface area contributed by atoms with E-state index in [1.165, 1.54) is 5.56 Å². The Hall–Kier alpha value is -1.47. The molecule has 3 aliphatic rings. The molecule has 0 aliphatic carbocycles. The number of morpholine rings is 1. The van der Waals surface area contributed by atoms with E-state index in [1.54, 1.807) is 0 Å². The zero-order valence-corrected chi connectivity index (χ0v) is 15.6. The van der Waals surface area contributed by atoms with Gasteiger partial charge in [-0.3, -0.25) is 14.6 Å². The van der Waals surface area contributed by atoms with Crippen molar-refractivity contribution in [3.63, 3.8) is 0 Å². The van der Waals surface area contributed by atoms with Crippen LogP contribution in [0, 0.1) is 0 Å². The summed E-state index contributed by atoms with van der Waals surface area (Å²) in [6.45, 7) is 7.35. The van der Waals surface area contributed by atoms with Gasteiger partial charge in [0.25, 0.3) is 0 Å². The van der Waals surface area contributed by atoms with Crippen LogP contribution >= 0.6 is 0 Å². The molecule has 0 radical (unpaired) electrons. The third-order valence-corrected chi connectivity index (χ3v) is 5.76. The van der Waals surface area contributed by atoms with E-state index in [4.69, 9.17) is 9.47 Å². The van der Waals surface area contributed by atoms with Gasteiger partial charge in [-0.05, 0) is 19.0 Å². The minimum atomic E-state index is -0.107. The first kappa shape index (κ1) is 17.9. The number of hydrogen-bond acceptors (Lipinski definition) is 5. The first-order valence-electron chi connectivity index (χ1n) is 9.62. The molecule has 0 bridgehead atoms. The van der Waals surface area contributed by atoms with Crippen LogP contribution in [0.1, 0.15) is 12.0 Å². The highest BCUT2D eigenvalue weighted by molar-refractivity contribution is 5.82. The van der Waals surface area contributed by atoms with Gasteiger partial charge in [-0.15, -0.1) is 0 Å². The molecule has 3 fully saturated rings. The smallest absolute Gasteiger partial charge is 0.242 e. The molecule has 6 heteroatoms. The highest BCUT2D eigenvalue weighted by atomic mass is 16.5. The second-order valence-electron chi connectivity index (χ2n) is 7.85. The maximum absolute atomic E-state index is 12.4. The van der Waals surface area contributed by atoms with Gasteiger partial charge in [-0.1, -0.05) is 30.3 Å². The molecule has 1 atom stereocenters. The van der Waals surface area contributed by atoms with E-state index < -0.39 is 0 Å². The van der Waals surface area contributed by atoms with Crippen molar-refractivity contribution in [2.24, 2.45) is 0 Å². The quantitative estimate of drug-likeness (QED) is 0.704. The van der Waals surface area contributed by atoms with E-state index in [2.05, 4.69) is 29.0 Å². The van der Waals surface area contributed by atoms with Crippen LogP contribution in [0.15, 0.2) is 30.3 Å². The fraction of sp³-hybridized carbons (Fsp3) is 0.650. The number of carbonyl (C=O) groups is 1. The summed E-state index contributed by atoms with van der Waals surface area (Å²) in [4.78, 5) is 18.9. The van der Waals surface area contributed by atoms with Crippen molar-refractivity contribution in [3.05, 3.63) is 35.9 Å². The van der Waals surface area contributed by atoms with E-state index >= 15 is 0 Å². The Morgan fingerprint density at radius 2 is 2.00 bits per heavy atom. The van der Waals surface area contributed by atoms with Crippen molar-refractivity contribution in [2.45, 2.75) is 24.7 Å². The predicted molar refractivity (Wildman–Crippen MR) is 98.8 cm³/mol. The van der Waals surface area contributed by atoms with Crippen molar-refractivity contribution in [2.75, 3.05) is 59.5 Å². The average Bonchev–Trinajstić information content (AvgIpc) is 2.56. The van der Waals surface area contributed by atoms with E-state index in [9.17, 15) is 4.79 Å². The normalized spacial score (nSPS) is 25.7. The standard InChI is InChI=1S/C20H29N3O3/c1-21-14-20(26-13-18(21)19(24)23-8-5-9-23)15-22(16-20)10-11-25-12-17-6-3-2-4-7-17/h2-4,6-7,18H,5,8-16H2,1H3. The Bertz CT molecular complexity index is 614. The summed E-state index contributed by atoms with van der Waals surface area (Å²) in [6.07, 6.45) is 1.13. The van der Waals surface area contributed by atoms with Gasteiger partial charge in [0.15, 0.2) is 0 Å². The molecule has 1 unspecified atom stereocenters. The second-order valence-corrected chi connectivity index (χ2v) is 7.85. The van der Waals surface area contributed by atoms with Crippen molar-refractivity contribution in [1.29, 1.82) is 0 Å². The number of likely N-dealkylation sites (tertiary alicyclic amines) is 2. The number of hydrogen-bond donors (Lipinski definition) is 0. The summed E-state index contributed by atoms with van der Waals surface area (Å²) >= 11 is 0. The largest absolute Gasteiger partial charge is 0.375 e. The van der Waals surface area contributed by atoms with E-state index in [1.807, 2.05) is 23.1 Å². The van der Waals surface area contributed by atoms with E-state index in [-0.39, 0.29) is 17.6 Å². The van der Waals surface area contributed by atoms with Crippen LogP contribution in [0.3, 0.4) is 0 Å².